The molecule has 0 saturated heterocycles. The minimum absolute atomic E-state index is 0.502. The number of nitrogens with zero attached hydrogens (tertiary/aromatic N) is 3. The molecule has 1 saturated carbocycles. The molecule has 0 radical (unpaired) electrons. The zero-order valence-corrected chi connectivity index (χ0v) is 13.1. The summed E-state index contributed by atoms with van der Waals surface area (Å²) in [6.07, 6.45) is 9.22. The highest BCUT2D eigenvalue weighted by atomic mass is 15.1. The van der Waals surface area contributed by atoms with Gasteiger partial charge in [0, 0.05) is 17.8 Å². The molecule has 5 nitrogen and oxygen atoms in total. The molecular formula is C18H21N5. The Labute approximate surface area is 136 Å². The molecule has 0 amide bonds. The lowest BCUT2D eigenvalue weighted by Crippen LogP contribution is -2.19. The van der Waals surface area contributed by atoms with Gasteiger partial charge in [-0.1, -0.05) is 31.7 Å². The molecule has 1 heterocycles. The van der Waals surface area contributed by atoms with E-state index in [-0.39, 0.29) is 0 Å². The Morgan fingerprint density at radius 2 is 1.78 bits per heavy atom. The molecule has 1 fully saturated rings. The zero-order chi connectivity index (χ0) is 15.9. The summed E-state index contributed by atoms with van der Waals surface area (Å²) in [4.78, 5) is 8.58. The Morgan fingerprint density at radius 1 is 1.00 bits per heavy atom. The molecule has 0 bridgehead atoms. The van der Waals surface area contributed by atoms with Crippen LogP contribution in [0.15, 0.2) is 36.7 Å². The molecule has 0 unspecified atom stereocenters. The van der Waals surface area contributed by atoms with E-state index in [4.69, 9.17) is 5.26 Å². The maximum absolute atomic E-state index is 8.96. The summed E-state index contributed by atoms with van der Waals surface area (Å²) in [5.41, 5.74) is 1.48. The van der Waals surface area contributed by atoms with Crippen molar-refractivity contribution in [1.29, 1.82) is 5.26 Å². The highest BCUT2D eigenvalue weighted by Gasteiger charge is 2.12. The van der Waals surface area contributed by atoms with E-state index in [0.717, 1.165) is 17.3 Å². The van der Waals surface area contributed by atoms with Gasteiger partial charge in [-0.05, 0) is 31.0 Å². The van der Waals surface area contributed by atoms with Crippen LogP contribution in [0.3, 0.4) is 0 Å². The second-order valence-corrected chi connectivity index (χ2v) is 5.94. The van der Waals surface area contributed by atoms with E-state index in [9.17, 15) is 0 Å². The second kappa shape index (κ2) is 7.59. The van der Waals surface area contributed by atoms with Gasteiger partial charge in [0.05, 0.1) is 11.6 Å². The molecule has 23 heavy (non-hydrogen) atoms. The first-order valence-electron chi connectivity index (χ1n) is 8.19. The normalized spacial score (nSPS) is 15.4. The Balaban J connectivity index is 1.68. The standard InChI is InChI=1S/C18H21N5/c19-12-14-6-5-9-16(10-14)23-18-11-17(20-13-21-18)22-15-7-3-1-2-4-8-15/h5-6,9-11,13,15H,1-4,7-8H2,(H2,20,21,22,23). The number of nitriles is 1. The van der Waals surface area contributed by atoms with Crippen molar-refractivity contribution in [3.8, 4) is 6.07 Å². The fourth-order valence-corrected chi connectivity index (χ4v) is 2.95. The summed E-state index contributed by atoms with van der Waals surface area (Å²) in [6.45, 7) is 0. The molecule has 0 atom stereocenters. The number of rotatable bonds is 4. The number of hydrogen-bond acceptors (Lipinski definition) is 5. The Morgan fingerprint density at radius 3 is 2.57 bits per heavy atom. The van der Waals surface area contributed by atoms with Crippen LogP contribution in [-0.2, 0) is 0 Å². The van der Waals surface area contributed by atoms with E-state index in [1.807, 2.05) is 18.2 Å². The van der Waals surface area contributed by atoms with Gasteiger partial charge in [-0.3, -0.25) is 0 Å². The molecule has 5 heteroatoms. The Bertz CT molecular complexity index is 684. The number of nitrogens with one attached hydrogen (secondary N) is 2. The van der Waals surface area contributed by atoms with Gasteiger partial charge in [-0.25, -0.2) is 9.97 Å². The highest BCUT2D eigenvalue weighted by Crippen LogP contribution is 2.22. The maximum Gasteiger partial charge on any atom is 0.135 e. The zero-order valence-electron chi connectivity index (χ0n) is 13.1. The minimum atomic E-state index is 0.502. The predicted molar refractivity (Wildman–Crippen MR) is 91.6 cm³/mol. The average Bonchev–Trinajstić information content (AvgIpc) is 2.84. The lowest BCUT2D eigenvalue weighted by Gasteiger charge is -2.17. The second-order valence-electron chi connectivity index (χ2n) is 5.94. The van der Waals surface area contributed by atoms with E-state index in [2.05, 4.69) is 26.7 Å². The molecule has 0 aliphatic heterocycles. The van der Waals surface area contributed by atoms with Crippen molar-refractivity contribution >= 4 is 17.3 Å². The molecule has 2 N–H and O–H groups in total. The van der Waals surface area contributed by atoms with Crippen molar-refractivity contribution in [3.63, 3.8) is 0 Å². The van der Waals surface area contributed by atoms with Crippen molar-refractivity contribution in [2.75, 3.05) is 10.6 Å². The van der Waals surface area contributed by atoms with Crippen LogP contribution < -0.4 is 10.6 Å². The van der Waals surface area contributed by atoms with Crippen LogP contribution in [-0.4, -0.2) is 16.0 Å². The Kier molecular flexibility index (Phi) is 5.05. The van der Waals surface area contributed by atoms with Crippen molar-refractivity contribution in [1.82, 2.24) is 9.97 Å². The molecule has 1 aromatic heterocycles. The van der Waals surface area contributed by atoms with E-state index in [1.165, 1.54) is 38.5 Å². The van der Waals surface area contributed by atoms with Gasteiger partial charge in [-0.15, -0.1) is 0 Å². The summed E-state index contributed by atoms with van der Waals surface area (Å²) in [6, 6.07) is 11.9. The van der Waals surface area contributed by atoms with Crippen molar-refractivity contribution < 1.29 is 0 Å². The third-order valence-electron chi connectivity index (χ3n) is 4.14. The Hall–Kier alpha value is -2.61. The predicted octanol–water partition coefficient (Wildman–Crippen LogP) is 4.23. The molecule has 1 aliphatic rings. The van der Waals surface area contributed by atoms with Crippen LogP contribution in [0.1, 0.15) is 44.1 Å². The van der Waals surface area contributed by atoms with Gasteiger partial charge in [0.2, 0.25) is 0 Å². The van der Waals surface area contributed by atoms with Crippen LogP contribution in [0.2, 0.25) is 0 Å². The van der Waals surface area contributed by atoms with Gasteiger partial charge in [0.25, 0.3) is 0 Å². The molecule has 3 rings (SSSR count). The van der Waals surface area contributed by atoms with E-state index >= 15 is 0 Å². The van der Waals surface area contributed by atoms with Gasteiger partial charge in [0.15, 0.2) is 0 Å². The summed E-state index contributed by atoms with van der Waals surface area (Å²) in [5, 5.41) is 15.7. The third kappa shape index (κ3) is 4.43. The molecule has 118 valence electrons. The maximum atomic E-state index is 8.96. The van der Waals surface area contributed by atoms with Crippen LogP contribution in [0, 0.1) is 11.3 Å². The van der Waals surface area contributed by atoms with Crippen LogP contribution >= 0.6 is 0 Å². The van der Waals surface area contributed by atoms with Gasteiger partial charge < -0.3 is 10.6 Å². The monoisotopic (exact) mass is 307 g/mol. The van der Waals surface area contributed by atoms with Crippen LogP contribution in [0.4, 0.5) is 17.3 Å². The first-order valence-corrected chi connectivity index (χ1v) is 8.19. The summed E-state index contributed by atoms with van der Waals surface area (Å²) >= 11 is 0. The largest absolute Gasteiger partial charge is 0.367 e. The van der Waals surface area contributed by atoms with Gasteiger partial charge in [-0.2, -0.15) is 5.26 Å². The molecular weight excluding hydrogens is 286 g/mol. The first kappa shape index (κ1) is 15.3. The lowest BCUT2D eigenvalue weighted by atomic mass is 10.1. The van der Waals surface area contributed by atoms with E-state index in [0.29, 0.717) is 11.6 Å². The lowest BCUT2D eigenvalue weighted by molar-refractivity contribution is 0.617. The highest BCUT2D eigenvalue weighted by molar-refractivity contribution is 5.60. The SMILES string of the molecule is N#Cc1cccc(Nc2cc(NC3CCCCCC3)ncn2)c1. The quantitative estimate of drug-likeness (QED) is 0.827. The van der Waals surface area contributed by atoms with Crippen LogP contribution in [0.25, 0.3) is 0 Å². The third-order valence-corrected chi connectivity index (χ3v) is 4.14. The molecule has 1 aliphatic carbocycles. The number of aromatic nitrogens is 2. The summed E-state index contributed by atoms with van der Waals surface area (Å²) < 4.78 is 0. The fraction of sp³-hybridized carbons (Fsp3) is 0.389. The number of hydrogen-bond donors (Lipinski definition) is 2. The topological polar surface area (TPSA) is 73.6 Å². The molecule has 0 spiro atoms. The van der Waals surface area contributed by atoms with E-state index in [1.54, 1.807) is 18.5 Å². The van der Waals surface area contributed by atoms with Gasteiger partial charge in [0.1, 0.15) is 18.0 Å². The number of benzene rings is 1. The molecule has 1 aromatic carbocycles. The molecule has 2 aromatic rings. The van der Waals surface area contributed by atoms with E-state index < -0.39 is 0 Å². The first-order chi connectivity index (χ1) is 11.3. The summed E-state index contributed by atoms with van der Waals surface area (Å²) in [7, 11) is 0. The van der Waals surface area contributed by atoms with Crippen molar-refractivity contribution in [3.05, 3.63) is 42.2 Å². The smallest absolute Gasteiger partial charge is 0.135 e. The minimum Gasteiger partial charge on any atom is -0.367 e. The van der Waals surface area contributed by atoms with Crippen molar-refractivity contribution in [2.24, 2.45) is 0 Å². The van der Waals surface area contributed by atoms with Crippen LogP contribution in [0.5, 0.6) is 0 Å². The van der Waals surface area contributed by atoms with Crippen molar-refractivity contribution in [2.45, 2.75) is 44.6 Å². The summed E-state index contributed by atoms with van der Waals surface area (Å²) in [5.74, 6) is 1.58. The van der Waals surface area contributed by atoms with Gasteiger partial charge >= 0.3 is 0 Å². The fourth-order valence-electron chi connectivity index (χ4n) is 2.95. The number of anilines is 3. The average molecular weight is 307 g/mol.